The van der Waals surface area contributed by atoms with Crippen LogP contribution in [0.15, 0.2) is 48.5 Å². The van der Waals surface area contributed by atoms with Gasteiger partial charge in [-0.15, -0.1) is 0 Å². The quantitative estimate of drug-likeness (QED) is 0.181. The maximum absolute atomic E-state index is 13.1. The van der Waals surface area contributed by atoms with Crippen molar-refractivity contribution in [3.05, 3.63) is 58.5 Å². The van der Waals surface area contributed by atoms with Gasteiger partial charge in [-0.1, -0.05) is 0 Å². The number of fused-ring (bicyclic) bond motifs is 1. The average Bonchev–Trinajstić information content (AvgIpc) is 3.23. The van der Waals surface area contributed by atoms with Crippen molar-refractivity contribution in [1.29, 1.82) is 0 Å². The Bertz CT molecular complexity index is 1100. The molecular formula is C24H24O7Se. The monoisotopic (exact) mass is 504 g/mol. The summed E-state index contributed by atoms with van der Waals surface area (Å²) in [5, 5.41) is 0.831. The van der Waals surface area contributed by atoms with Gasteiger partial charge in [-0.3, -0.25) is 0 Å². The molecule has 1 aromatic heterocycles. The Balaban J connectivity index is 1.87. The van der Waals surface area contributed by atoms with E-state index in [-0.39, 0.29) is 27.5 Å². The SMILES string of the molecule is CCOC(=O)CC(C(=O)OC)C(=O)c1cc2cc(OCc3ccccc3)c(OC)cc2[se]1. The molecule has 168 valence electrons. The van der Waals surface area contributed by atoms with Crippen LogP contribution in [0.2, 0.25) is 0 Å². The van der Waals surface area contributed by atoms with Gasteiger partial charge in [0.15, 0.2) is 0 Å². The van der Waals surface area contributed by atoms with Crippen LogP contribution in [0.4, 0.5) is 0 Å². The van der Waals surface area contributed by atoms with Crippen molar-refractivity contribution in [3.8, 4) is 11.5 Å². The number of hydrogen-bond donors (Lipinski definition) is 0. The van der Waals surface area contributed by atoms with Crippen LogP contribution in [-0.4, -0.2) is 53.1 Å². The molecule has 0 saturated carbocycles. The number of carbonyl (C=O) groups excluding carboxylic acids is 3. The van der Waals surface area contributed by atoms with Gasteiger partial charge in [0.25, 0.3) is 0 Å². The molecule has 0 saturated heterocycles. The third kappa shape index (κ3) is 5.58. The molecule has 1 atom stereocenters. The molecule has 0 bridgehead atoms. The molecule has 0 fully saturated rings. The predicted octanol–water partition coefficient (Wildman–Crippen LogP) is 3.41. The van der Waals surface area contributed by atoms with Crippen LogP contribution >= 0.6 is 0 Å². The van der Waals surface area contributed by atoms with E-state index in [1.54, 1.807) is 20.1 Å². The van der Waals surface area contributed by atoms with Crippen LogP contribution in [-0.2, 0) is 25.7 Å². The summed E-state index contributed by atoms with van der Waals surface area (Å²) in [6.45, 7) is 2.21. The minimum absolute atomic E-state index is 0.171. The van der Waals surface area contributed by atoms with Crippen LogP contribution < -0.4 is 9.47 Å². The summed E-state index contributed by atoms with van der Waals surface area (Å²) in [6.07, 6.45) is -0.349. The van der Waals surface area contributed by atoms with E-state index in [0.29, 0.717) is 22.5 Å². The number of benzene rings is 2. The summed E-state index contributed by atoms with van der Waals surface area (Å²) >= 11 is -0.349. The molecule has 3 aromatic rings. The Labute approximate surface area is 192 Å². The topological polar surface area (TPSA) is 88.1 Å². The first-order chi connectivity index (χ1) is 15.5. The fourth-order valence-electron chi connectivity index (χ4n) is 3.16. The van der Waals surface area contributed by atoms with E-state index >= 15 is 0 Å². The zero-order chi connectivity index (χ0) is 23.1. The molecule has 1 unspecified atom stereocenters. The second kappa shape index (κ2) is 11.0. The fraction of sp³-hybridized carbons (Fsp3) is 0.292. The Morgan fingerprint density at radius 1 is 1.00 bits per heavy atom. The molecular weight excluding hydrogens is 479 g/mol. The number of esters is 2. The van der Waals surface area contributed by atoms with Gasteiger partial charge in [0, 0.05) is 0 Å². The fourth-order valence-corrected chi connectivity index (χ4v) is 5.40. The second-order valence-corrected chi connectivity index (χ2v) is 9.15. The third-order valence-electron chi connectivity index (χ3n) is 4.76. The van der Waals surface area contributed by atoms with Crippen molar-refractivity contribution < 1.29 is 33.3 Å². The van der Waals surface area contributed by atoms with Crippen LogP contribution in [0, 0.1) is 5.92 Å². The van der Waals surface area contributed by atoms with E-state index < -0.39 is 23.6 Å². The van der Waals surface area contributed by atoms with Crippen molar-refractivity contribution >= 4 is 41.9 Å². The molecule has 0 aliphatic heterocycles. The predicted molar refractivity (Wildman–Crippen MR) is 119 cm³/mol. The zero-order valence-corrected chi connectivity index (χ0v) is 19.8. The van der Waals surface area contributed by atoms with Gasteiger partial charge in [-0.2, -0.15) is 0 Å². The van der Waals surface area contributed by atoms with Crippen molar-refractivity contribution in [3.63, 3.8) is 0 Å². The number of Topliss-reactive ketones (excluding diaryl/α,β-unsaturated/α-hetero) is 1. The molecule has 8 heteroatoms. The first-order valence-electron chi connectivity index (χ1n) is 10.0. The van der Waals surface area contributed by atoms with Crippen LogP contribution in [0.5, 0.6) is 11.5 Å². The number of methoxy groups -OCH3 is 2. The van der Waals surface area contributed by atoms with Crippen molar-refractivity contribution in [2.75, 3.05) is 20.8 Å². The summed E-state index contributed by atoms with van der Waals surface area (Å²) in [4.78, 5) is 37.2. The summed E-state index contributed by atoms with van der Waals surface area (Å²) in [7, 11) is 2.75. The van der Waals surface area contributed by atoms with Crippen LogP contribution in [0.3, 0.4) is 0 Å². The van der Waals surface area contributed by atoms with E-state index in [9.17, 15) is 14.4 Å². The normalized spacial score (nSPS) is 11.6. The number of carbonyl (C=O) groups is 3. The van der Waals surface area contributed by atoms with E-state index in [1.165, 1.54) is 7.11 Å². The van der Waals surface area contributed by atoms with Gasteiger partial charge in [-0.25, -0.2) is 0 Å². The van der Waals surface area contributed by atoms with Crippen molar-refractivity contribution in [2.45, 2.75) is 20.0 Å². The number of ketones is 1. The van der Waals surface area contributed by atoms with Crippen LogP contribution in [0.1, 0.15) is 28.1 Å². The maximum atomic E-state index is 13.1. The van der Waals surface area contributed by atoms with Crippen molar-refractivity contribution in [2.24, 2.45) is 5.92 Å². The molecule has 7 nitrogen and oxygen atoms in total. The van der Waals surface area contributed by atoms with E-state index in [4.69, 9.17) is 18.9 Å². The summed E-state index contributed by atoms with van der Waals surface area (Å²) in [5.41, 5.74) is 1.02. The second-order valence-electron chi connectivity index (χ2n) is 6.87. The summed E-state index contributed by atoms with van der Waals surface area (Å²) in [6, 6.07) is 15.2. The van der Waals surface area contributed by atoms with Gasteiger partial charge in [-0.05, 0) is 0 Å². The minimum atomic E-state index is -1.22. The Morgan fingerprint density at radius 2 is 1.75 bits per heavy atom. The molecule has 0 aliphatic carbocycles. The number of ether oxygens (including phenoxy) is 4. The van der Waals surface area contributed by atoms with E-state index in [1.807, 2.05) is 42.5 Å². The van der Waals surface area contributed by atoms with Gasteiger partial charge < -0.3 is 0 Å². The molecule has 2 aromatic carbocycles. The van der Waals surface area contributed by atoms with E-state index in [0.717, 1.165) is 15.2 Å². The zero-order valence-electron chi connectivity index (χ0n) is 18.1. The molecule has 3 rings (SSSR count). The van der Waals surface area contributed by atoms with Crippen LogP contribution in [0.25, 0.3) is 9.65 Å². The molecule has 0 N–H and O–H groups in total. The molecule has 0 aliphatic rings. The molecule has 0 spiro atoms. The average molecular weight is 503 g/mol. The number of rotatable bonds is 10. The Morgan fingerprint density at radius 3 is 2.41 bits per heavy atom. The van der Waals surface area contributed by atoms with Gasteiger partial charge in [0.2, 0.25) is 0 Å². The number of hydrogen-bond acceptors (Lipinski definition) is 7. The Kier molecular flexibility index (Phi) is 8.08. The molecule has 1 heterocycles. The molecule has 0 radical (unpaired) electrons. The first-order valence-corrected chi connectivity index (χ1v) is 11.7. The Hall–Kier alpha value is -3.09. The van der Waals surface area contributed by atoms with Gasteiger partial charge in [0.1, 0.15) is 0 Å². The molecule has 0 amide bonds. The summed E-state index contributed by atoms with van der Waals surface area (Å²) < 4.78 is 22.5. The van der Waals surface area contributed by atoms with Gasteiger partial charge >= 0.3 is 192 Å². The van der Waals surface area contributed by atoms with Crippen molar-refractivity contribution in [1.82, 2.24) is 0 Å². The van der Waals surface area contributed by atoms with E-state index in [2.05, 4.69) is 0 Å². The third-order valence-corrected chi connectivity index (χ3v) is 7.09. The van der Waals surface area contributed by atoms with Gasteiger partial charge in [0.05, 0.1) is 0 Å². The first kappa shape index (κ1) is 23.6. The standard InChI is InChI=1S/C24H24O7Se/c1-4-30-22(25)12-17(24(27)29-3)23(26)21-11-16-10-19(18(28-2)13-20(16)32-21)31-14-15-8-6-5-7-9-15/h5-11,13,17H,4,12,14H2,1-3H3. The summed E-state index contributed by atoms with van der Waals surface area (Å²) in [5.74, 6) is -1.88. The molecule has 32 heavy (non-hydrogen) atoms.